The number of anilines is 1. The second kappa shape index (κ2) is 5.13. The number of amides is 1. The van der Waals surface area contributed by atoms with Crippen molar-refractivity contribution in [2.24, 2.45) is 0 Å². The lowest BCUT2D eigenvalue weighted by atomic mass is 10.2. The Bertz CT molecular complexity index is 628. The molecule has 0 bridgehead atoms. The van der Waals surface area contributed by atoms with Crippen molar-refractivity contribution in [3.8, 4) is 0 Å². The SMILES string of the molecule is O=C1C[N+](=O)N(c2ccccc2)N1Cc1ccccc1. The van der Waals surface area contributed by atoms with Crippen LogP contribution in [0.2, 0.25) is 0 Å². The van der Waals surface area contributed by atoms with Crippen molar-refractivity contribution in [3.05, 3.63) is 71.1 Å². The third-order valence-corrected chi connectivity index (χ3v) is 3.16. The Morgan fingerprint density at radius 2 is 1.55 bits per heavy atom. The number of rotatable bonds is 3. The maximum Gasteiger partial charge on any atom is 0.319 e. The maximum absolute atomic E-state index is 12.0. The first-order chi connectivity index (χ1) is 9.75. The number of nitrogens with zero attached hydrogens (tertiary/aromatic N) is 3. The van der Waals surface area contributed by atoms with Gasteiger partial charge in [0, 0.05) is 0 Å². The largest absolute Gasteiger partial charge is 0.319 e. The van der Waals surface area contributed by atoms with Gasteiger partial charge in [0.1, 0.15) is 5.69 Å². The Balaban J connectivity index is 1.91. The first kappa shape index (κ1) is 12.3. The summed E-state index contributed by atoms with van der Waals surface area (Å²) in [6.07, 6.45) is 0. The van der Waals surface area contributed by atoms with E-state index in [1.165, 1.54) is 10.1 Å². The highest BCUT2D eigenvalue weighted by Gasteiger charge is 2.44. The molecule has 1 aliphatic heterocycles. The fourth-order valence-corrected chi connectivity index (χ4v) is 2.23. The fourth-order valence-electron chi connectivity index (χ4n) is 2.23. The van der Waals surface area contributed by atoms with Crippen LogP contribution in [-0.4, -0.2) is 22.3 Å². The third kappa shape index (κ3) is 2.25. The standard InChI is InChI=1S/C15H14N3O2/c19-15-12-17(20)18(14-9-5-2-6-10-14)16(15)11-13-7-3-1-4-8-13/h1-10H,11-12H2/q+1. The molecule has 1 saturated heterocycles. The summed E-state index contributed by atoms with van der Waals surface area (Å²) in [5.41, 5.74) is 1.67. The number of para-hydroxylation sites is 1. The zero-order valence-electron chi connectivity index (χ0n) is 10.8. The van der Waals surface area contributed by atoms with Crippen LogP contribution < -0.4 is 5.12 Å². The number of benzene rings is 2. The number of carbonyl (C=O) groups is 1. The lowest BCUT2D eigenvalue weighted by Crippen LogP contribution is -2.40. The van der Waals surface area contributed by atoms with E-state index in [1.807, 2.05) is 60.7 Å². The van der Waals surface area contributed by atoms with E-state index in [1.54, 1.807) is 0 Å². The van der Waals surface area contributed by atoms with E-state index in [9.17, 15) is 9.70 Å². The quantitative estimate of drug-likeness (QED) is 0.801. The minimum absolute atomic E-state index is 0.151. The monoisotopic (exact) mass is 268 g/mol. The lowest BCUT2D eigenvalue weighted by molar-refractivity contribution is -0.551. The molecule has 2 aromatic rings. The minimum Gasteiger partial charge on any atom is -0.265 e. The van der Waals surface area contributed by atoms with Crippen molar-refractivity contribution < 1.29 is 9.66 Å². The molecule has 0 aliphatic carbocycles. The van der Waals surface area contributed by atoms with E-state index in [4.69, 9.17) is 0 Å². The Hall–Kier alpha value is -2.69. The van der Waals surface area contributed by atoms with Crippen LogP contribution >= 0.6 is 0 Å². The molecule has 0 spiro atoms. The predicted molar refractivity (Wildman–Crippen MR) is 74.4 cm³/mol. The van der Waals surface area contributed by atoms with Gasteiger partial charge in [-0.3, -0.25) is 4.79 Å². The molecular weight excluding hydrogens is 254 g/mol. The number of carbonyl (C=O) groups excluding carboxylic acids is 1. The normalized spacial score (nSPS) is 15.0. The summed E-state index contributed by atoms with van der Waals surface area (Å²) in [6.45, 7) is 0.231. The molecule has 1 aliphatic rings. The predicted octanol–water partition coefficient (Wildman–Crippen LogP) is 2.14. The molecular formula is C15H14N3O2+. The van der Waals surface area contributed by atoms with Crippen molar-refractivity contribution in [3.63, 3.8) is 0 Å². The van der Waals surface area contributed by atoms with Crippen molar-refractivity contribution in [1.29, 1.82) is 0 Å². The van der Waals surface area contributed by atoms with Crippen molar-refractivity contribution in [2.45, 2.75) is 6.54 Å². The maximum atomic E-state index is 12.0. The molecule has 0 unspecified atom stereocenters. The van der Waals surface area contributed by atoms with E-state index in [0.29, 0.717) is 17.1 Å². The van der Waals surface area contributed by atoms with Gasteiger partial charge in [-0.1, -0.05) is 48.5 Å². The van der Waals surface area contributed by atoms with Crippen LogP contribution in [0.3, 0.4) is 0 Å². The van der Waals surface area contributed by atoms with Crippen molar-refractivity contribution in [2.75, 3.05) is 11.7 Å². The Morgan fingerprint density at radius 3 is 2.20 bits per heavy atom. The van der Waals surface area contributed by atoms with Crippen LogP contribution in [0.1, 0.15) is 5.56 Å². The van der Waals surface area contributed by atoms with Gasteiger partial charge in [-0.2, -0.15) is 5.01 Å². The number of hydrazine groups is 2. The molecule has 0 atom stereocenters. The van der Waals surface area contributed by atoms with E-state index in [0.717, 1.165) is 5.56 Å². The van der Waals surface area contributed by atoms with Gasteiger partial charge in [0.2, 0.25) is 0 Å². The summed E-state index contributed by atoms with van der Waals surface area (Å²) in [5, 5.41) is 2.85. The third-order valence-electron chi connectivity index (χ3n) is 3.16. The molecule has 1 heterocycles. The molecule has 1 amide bonds. The zero-order chi connectivity index (χ0) is 13.9. The topological polar surface area (TPSA) is 43.6 Å². The molecule has 3 rings (SSSR count). The Labute approximate surface area is 116 Å². The van der Waals surface area contributed by atoms with Gasteiger partial charge in [0.05, 0.1) is 11.5 Å². The van der Waals surface area contributed by atoms with E-state index in [2.05, 4.69) is 0 Å². The second-order valence-electron chi connectivity index (χ2n) is 4.57. The molecule has 5 heteroatoms. The highest BCUT2D eigenvalue weighted by atomic mass is 16.4. The average molecular weight is 268 g/mol. The highest BCUT2D eigenvalue weighted by molar-refractivity contribution is 5.80. The van der Waals surface area contributed by atoms with Crippen LogP contribution in [-0.2, 0) is 11.3 Å². The van der Waals surface area contributed by atoms with Gasteiger partial charge in [-0.15, -0.1) is 0 Å². The molecule has 1 fully saturated rings. The summed E-state index contributed by atoms with van der Waals surface area (Å²) in [4.78, 5) is 24.7. The number of hydrogen-bond acceptors (Lipinski definition) is 2. The van der Waals surface area contributed by atoms with Crippen LogP contribution in [0.15, 0.2) is 60.7 Å². The van der Waals surface area contributed by atoms with Crippen molar-refractivity contribution in [1.82, 2.24) is 5.01 Å². The van der Waals surface area contributed by atoms with Crippen LogP contribution in [0.25, 0.3) is 0 Å². The summed E-state index contributed by atoms with van der Waals surface area (Å²) < 4.78 is 0. The van der Waals surface area contributed by atoms with Crippen LogP contribution in [0, 0.1) is 4.91 Å². The van der Waals surface area contributed by atoms with Gasteiger partial charge in [0.25, 0.3) is 0 Å². The second-order valence-corrected chi connectivity index (χ2v) is 4.57. The summed E-state index contributed by atoms with van der Waals surface area (Å²) >= 11 is 0. The first-order valence-corrected chi connectivity index (χ1v) is 6.39. The number of hydrogen-bond donors (Lipinski definition) is 0. The van der Waals surface area contributed by atoms with Gasteiger partial charge in [-0.05, 0) is 22.8 Å². The smallest absolute Gasteiger partial charge is 0.265 e. The molecule has 0 N–H and O–H groups in total. The van der Waals surface area contributed by atoms with Gasteiger partial charge in [-0.25, -0.2) is 0 Å². The highest BCUT2D eigenvalue weighted by Crippen LogP contribution is 2.22. The van der Waals surface area contributed by atoms with Gasteiger partial charge in [0.15, 0.2) is 4.87 Å². The summed E-state index contributed by atoms with van der Waals surface area (Å²) in [5.74, 6) is -0.201. The molecule has 0 aromatic heterocycles. The fraction of sp³-hybridized carbons (Fsp3) is 0.133. The van der Waals surface area contributed by atoms with Gasteiger partial charge < -0.3 is 0 Å². The lowest BCUT2D eigenvalue weighted by Gasteiger charge is -2.20. The number of nitroso groups, excluding NO2 is 1. The molecule has 0 radical (unpaired) electrons. The molecule has 20 heavy (non-hydrogen) atoms. The molecule has 5 nitrogen and oxygen atoms in total. The Kier molecular flexibility index (Phi) is 3.16. The van der Waals surface area contributed by atoms with E-state index >= 15 is 0 Å². The minimum atomic E-state index is -0.201. The van der Waals surface area contributed by atoms with Crippen LogP contribution in [0.5, 0.6) is 0 Å². The van der Waals surface area contributed by atoms with E-state index in [-0.39, 0.29) is 12.5 Å². The average Bonchev–Trinajstić information content (AvgIpc) is 2.75. The zero-order valence-corrected chi connectivity index (χ0v) is 10.8. The van der Waals surface area contributed by atoms with Crippen molar-refractivity contribution >= 4 is 11.6 Å². The Morgan fingerprint density at radius 1 is 0.950 bits per heavy atom. The molecule has 0 saturated carbocycles. The molecule has 2 aromatic carbocycles. The van der Waals surface area contributed by atoms with E-state index < -0.39 is 0 Å². The first-order valence-electron chi connectivity index (χ1n) is 6.39. The summed E-state index contributed by atoms with van der Waals surface area (Å²) in [7, 11) is 0. The summed E-state index contributed by atoms with van der Waals surface area (Å²) in [6, 6.07) is 18.8. The van der Waals surface area contributed by atoms with Gasteiger partial charge >= 0.3 is 12.5 Å². The molecule has 100 valence electrons. The van der Waals surface area contributed by atoms with Crippen LogP contribution in [0.4, 0.5) is 5.69 Å².